The lowest BCUT2D eigenvalue weighted by atomic mass is 9.78. The molecule has 0 aromatic carbocycles. The van der Waals surface area contributed by atoms with Gasteiger partial charge in [-0.3, -0.25) is 9.59 Å². The van der Waals surface area contributed by atoms with E-state index >= 15 is 0 Å². The number of amides is 1. The molecule has 1 aromatic heterocycles. The first-order chi connectivity index (χ1) is 11.3. The van der Waals surface area contributed by atoms with Gasteiger partial charge in [-0.25, -0.2) is 4.98 Å². The molecule has 1 saturated heterocycles. The quantitative estimate of drug-likeness (QED) is 0.829. The Morgan fingerprint density at radius 2 is 2.20 bits per heavy atom. The molecule has 0 spiro atoms. The monoisotopic (exact) mass is 385 g/mol. The van der Waals surface area contributed by atoms with Crippen molar-refractivity contribution in [2.75, 3.05) is 18.4 Å². The number of rotatable bonds is 4. The maximum atomic E-state index is 12.3. The van der Waals surface area contributed by atoms with Crippen LogP contribution in [-0.4, -0.2) is 29.8 Å². The van der Waals surface area contributed by atoms with Crippen molar-refractivity contribution >= 4 is 40.6 Å². The van der Waals surface area contributed by atoms with Gasteiger partial charge >= 0.3 is 0 Å². The van der Waals surface area contributed by atoms with E-state index in [9.17, 15) is 9.59 Å². The van der Waals surface area contributed by atoms with Crippen LogP contribution in [0.4, 0.5) is 5.13 Å². The molecule has 0 radical (unpaired) electrons. The fourth-order valence-corrected chi connectivity index (χ4v) is 4.70. The van der Waals surface area contributed by atoms with E-state index in [0.717, 1.165) is 30.1 Å². The Morgan fingerprint density at radius 3 is 2.88 bits per heavy atom. The van der Waals surface area contributed by atoms with E-state index in [2.05, 4.69) is 36.4 Å². The SMILES string of the molecule is CC(CC(=O)Nc1nc2c(s1)C(=O)CC(C)(C)C2)C1CCCNC1.Cl. The minimum absolute atomic E-state index is 0. The molecule has 0 bridgehead atoms. The molecule has 1 aromatic rings. The average Bonchev–Trinajstić information content (AvgIpc) is 2.89. The van der Waals surface area contributed by atoms with Gasteiger partial charge in [-0.2, -0.15) is 0 Å². The highest BCUT2D eigenvalue weighted by Crippen LogP contribution is 2.38. The van der Waals surface area contributed by atoms with Gasteiger partial charge in [-0.15, -0.1) is 12.4 Å². The lowest BCUT2D eigenvalue weighted by molar-refractivity contribution is -0.117. The summed E-state index contributed by atoms with van der Waals surface area (Å²) in [6, 6.07) is 0. The topological polar surface area (TPSA) is 71.1 Å². The van der Waals surface area contributed by atoms with Crippen molar-refractivity contribution in [2.24, 2.45) is 17.3 Å². The Bertz CT molecular complexity index is 638. The number of aromatic nitrogens is 1. The lowest BCUT2D eigenvalue weighted by Gasteiger charge is -2.27. The average molecular weight is 386 g/mol. The molecule has 140 valence electrons. The van der Waals surface area contributed by atoms with E-state index in [1.165, 1.54) is 24.2 Å². The number of anilines is 1. The first kappa shape index (κ1) is 20.3. The summed E-state index contributed by atoms with van der Waals surface area (Å²) in [5.41, 5.74) is 0.808. The number of nitrogens with one attached hydrogen (secondary N) is 2. The number of piperidine rings is 1. The second-order valence-corrected chi connectivity index (χ2v) is 9.07. The zero-order valence-electron chi connectivity index (χ0n) is 15.2. The largest absolute Gasteiger partial charge is 0.316 e. The Hall–Kier alpha value is -0.980. The number of hydrogen-bond donors (Lipinski definition) is 2. The molecule has 3 rings (SSSR count). The normalized spacial score (nSPS) is 23.3. The van der Waals surface area contributed by atoms with Gasteiger partial charge in [-0.1, -0.05) is 32.1 Å². The smallest absolute Gasteiger partial charge is 0.226 e. The zero-order valence-corrected chi connectivity index (χ0v) is 16.8. The fourth-order valence-electron chi connectivity index (χ4n) is 3.77. The summed E-state index contributed by atoms with van der Waals surface area (Å²) in [5, 5.41) is 6.89. The fraction of sp³-hybridized carbons (Fsp3) is 0.722. The van der Waals surface area contributed by atoms with Gasteiger partial charge in [0, 0.05) is 12.8 Å². The summed E-state index contributed by atoms with van der Waals surface area (Å²) in [6.07, 6.45) is 4.24. The maximum Gasteiger partial charge on any atom is 0.226 e. The molecule has 0 saturated carbocycles. The number of halogens is 1. The van der Waals surface area contributed by atoms with Crippen LogP contribution in [0.1, 0.15) is 61.8 Å². The van der Waals surface area contributed by atoms with Gasteiger partial charge in [0.15, 0.2) is 10.9 Å². The third-order valence-corrected chi connectivity index (χ3v) is 6.18. The molecular weight excluding hydrogens is 358 g/mol. The lowest BCUT2D eigenvalue weighted by Crippen LogP contribution is -2.34. The predicted molar refractivity (Wildman–Crippen MR) is 104 cm³/mol. The van der Waals surface area contributed by atoms with Gasteiger partial charge in [0.2, 0.25) is 5.91 Å². The number of fused-ring (bicyclic) bond motifs is 1. The Kier molecular flexibility index (Phi) is 6.62. The Balaban J connectivity index is 0.00000225. The van der Waals surface area contributed by atoms with Crippen LogP contribution in [0.15, 0.2) is 0 Å². The van der Waals surface area contributed by atoms with E-state index in [0.29, 0.717) is 29.8 Å². The third-order valence-electron chi connectivity index (χ3n) is 5.13. The maximum absolute atomic E-state index is 12.3. The molecule has 2 aliphatic rings. The van der Waals surface area contributed by atoms with Crippen LogP contribution in [0, 0.1) is 17.3 Å². The van der Waals surface area contributed by atoms with Crippen molar-refractivity contribution in [2.45, 2.75) is 52.9 Å². The number of Topliss-reactive ketones (excluding diaryl/α,β-unsaturated/α-hetero) is 1. The van der Waals surface area contributed by atoms with Crippen LogP contribution in [0.2, 0.25) is 0 Å². The van der Waals surface area contributed by atoms with Crippen LogP contribution in [0.5, 0.6) is 0 Å². The van der Waals surface area contributed by atoms with Crippen LogP contribution in [0.3, 0.4) is 0 Å². The highest BCUT2D eigenvalue weighted by atomic mass is 35.5. The molecule has 1 fully saturated rings. The molecule has 2 N–H and O–H groups in total. The predicted octanol–water partition coefficient (Wildman–Crippen LogP) is 3.68. The highest BCUT2D eigenvalue weighted by molar-refractivity contribution is 7.17. The van der Waals surface area contributed by atoms with Crippen LogP contribution in [0.25, 0.3) is 0 Å². The minimum atomic E-state index is -0.0398. The highest BCUT2D eigenvalue weighted by Gasteiger charge is 2.34. The number of ketones is 1. The van der Waals surface area contributed by atoms with E-state index < -0.39 is 0 Å². The summed E-state index contributed by atoms with van der Waals surface area (Å²) >= 11 is 1.33. The van der Waals surface area contributed by atoms with Crippen molar-refractivity contribution < 1.29 is 9.59 Å². The third kappa shape index (κ3) is 5.02. The number of thiazole rings is 1. The van der Waals surface area contributed by atoms with Crippen molar-refractivity contribution in [3.63, 3.8) is 0 Å². The molecule has 5 nitrogen and oxygen atoms in total. The molecule has 2 unspecified atom stereocenters. The number of hydrogen-bond acceptors (Lipinski definition) is 5. The number of carbonyl (C=O) groups excluding carboxylic acids is 2. The molecular formula is C18H28ClN3O2S. The Morgan fingerprint density at radius 1 is 1.44 bits per heavy atom. The van der Waals surface area contributed by atoms with Crippen molar-refractivity contribution in [1.29, 1.82) is 0 Å². The van der Waals surface area contributed by atoms with Gasteiger partial charge in [0.1, 0.15) is 0 Å². The first-order valence-electron chi connectivity index (χ1n) is 8.87. The standard InChI is InChI=1S/C18H27N3O2S.ClH/c1-11(12-5-4-6-19-10-12)7-15(23)21-17-20-13-8-18(2,3)9-14(22)16(13)24-17;/h11-12,19H,4-10H2,1-3H3,(H,20,21,23);1H. The summed E-state index contributed by atoms with van der Waals surface area (Å²) in [6.45, 7) is 8.42. The van der Waals surface area contributed by atoms with Gasteiger partial charge < -0.3 is 10.6 Å². The first-order valence-corrected chi connectivity index (χ1v) is 9.69. The van der Waals surface area contributed by atoms with E-state index in [1.807, 2.05) is 0 Å². The molecule has 1 amide bonds. The summed E-state index contributed by atoms with van der Waals surface area (Å²) in [7, 11) is 0. The van der Waals surface area contributed by atoms with Crippen molar-refractivity contribution in [3.8, 4) is 0 Å². The van der Waals surface area contributed by atoms with E-state index in [1.54, 1.807) is 0 Å². The van der Waals surface area contributed by atoms with E-state index in [4.69, 9.17) is 0 Å². The van der Waals surface area contributed by atoms with Crippen LogP contribution >= 0.6 is 23.7 Å². The Labute approximate surface area is 159 Å². The molecule has 7 heteroatoms. The van der Waals surface area contributed by atoms with Crippen molar-refractivity contribution in [3.05, 3.63) is 10.6 Å². The second-order valence-electron chi connectivity index (χ2n) is 8.07. The van der Waals surface area contributed by atoms with Crippen LogP contribution in [-0.2, 0) is 11.2 Å². The molecule has 1 aliphatic carbocycles. The molecule has 25 heavy (non-hydrogen) atoms. The molecule has 1 aliphatic heterocycles. The summed E-state index contributed by atoms with van der Waals surface area (Å²) in [5.74, 6) is 1.08. The summed E-state index contributed by atoms with van der Waals surface area (Å²) in [4.78, 5) is 29.8. The zero-order chi connectivity index (χ0) is 17.3. The van der Waals surface area contributed by atoms with Crippen LogP contribution < -0.4 is 10.6 Å². The van der Waals surface area contributed by atoms with Gasteiger partial charge in [0.25, 0.3) is 0 Å². The second kappa shape index (κ2) is 8.14. The number of nitrogens with zero attached hydrogens (tertiary/aromatic N) is 1. The van der Waals surface area contributed by atoms with E-state index in [-0.39, 0.29) is 29.5 Å². The van der Waals surface area contributed by atoms with Crippen molar-refractivity contribution in [1.82, 2.24) is 10.3 Å². The minimum Gasteiger partial charge on any atom is -0.316 e. The molecule has 2 atom stereocenters. The molecule has 2 heterocycles. The summed E-state index contributed by atoms with van der Waals surface area (Å²) < 4.78 is 0. The number of carbonyl (C=O) groups is 2. The van der Waals surface area contributed by atoms with Gasteiger partial charge in [-0.05, 0) is 49.6 Å². The van der Waals surface area contributed by atoms with Gasteiger partial charge in [0.05, 0.1) is 10.6 Å².